The van der Waals surface area contributed by atoms with E-state index < -0.39 is 17.5 Å². The molecule has 0 radical (unpaired) electrons. The van der Waals surface area contributed by atoms with Crippen molar-refractivity contribution in [3.63, 3.8) is 0 Å². The molecule has 1 saturated carbocycles. The van der Waals surface area contributed by atoms with Crippen molar-refractivity contribution in [3.05, 3.63) is 58.9 Å². The molecule has 4 aliphatic rings. The van der Waals surface area contributed by atoms with Gasteiger partial charge in [0.15, 0.2) is 11.6 Å². The van der Waals surface area contributed by atoms with Gasteiger partial charge >= 0.3 is 0 Å². The van der Waals surface area contributed by atoms with Crippen molar-refractivity contribution in [1.82, 2.24) is 19.6 Å². The van der Waals surface area contributed by atoms with E-state index in [1.807, 2.05) is 11.8 Å². The molecule has 12 heteroatoms. The molecule has 43 heavy (non-hydrogen) atoms. The lowest BCUT2D eigenvalue weighted by molar-refractivity contribution is -0.128. The molecule has 0 aromatic heterocycles. The number of carbonyl (C=O) groups is 1. The Morgan fingerprint density at radius 2 is 1.81 bits per heavy atom. The van der Waals surface area contributed by atoms with Gasteiger partial charge in [-0.2, -0.15) is 0 Å². The Hall–Kier alpha value is -2.73. The third kappa shape index (κ3) is 6.14. The van der Waals surface area contributed by atoms with Gasteiger partial charge in [-0.25, -0.2) is 13.2 Å². The van der Waals surface area contributed by atoms with Gasteiger partial charge < -0.3 is 15.1 Å². The maximum Gasteiger partial charge on any atom is 0.246 e. The fourth-order valence-electron chi connectivity index (χ4n) is 6.43. The van der Waals surface area contributed by atoms with Crippen LogP contribution in [0.5, 0.6) is 0 Å². The van der Waals surface area contributed by atoms with Gasteiger partial charge in [-0.05, 0) is 38.0 Å². The third-order valence-corrected chi connectivity index (χ3v) is 10.5. The van der Waals surface area contributed by atoms with E-state index in [0.717, 1.165) is 44.8 Å². The highest BCUT2D eigenvalue weighted by atomic mass is 35.5. The first-order valence-electron chi connectivity index (χ1n) is 14.8. The molecule has 3 aliphatic heterocycles. The molecule has 3 fully saturated rings. The molecule has 2 aromatic carbocycles. The lowest BCUT2D eigenvalue weighted by atomic mass is 9.98. The number of benzene rings is 2. The number of nitrogens with zero attached hydrogens (tertiary/aromatic N) is 4. The van der Waals surface area contributed by atoms with Crippen molar-refractivity contribution in [2.75, 3.05) is 63.4 Å². The molecule has 1 amide bonds. The highest BCUT2D eigenvalue weighted by Gasteiger charge is 2.35. The smallest absolute Gasteiger partial charge is 0.246 e. The Kier molecular flexibility index (Phi) is 8.70. The Bertz CT molecular complexity index is 1450. The molecular weight excluding hydrogens is 597 g/mol. The highest BCUT2D eigenvalue weighted by molar-refractivity contribution is 7.99. The highest BCUT2D eigenvalue weighted by Crippen LogP contribution is 2.48. The number of amidine groups is 1. The Morgan fingerprint density at radius 1 is 1.09 bits per heavy atom. The molecule has 7 nitrogen and oxygen atoms in total. The summed E-state index contributed by atoms with van der Waals surface area (Å²) in [6, 6.07) is 3.68. The second-order valence-corrected chi connectivity index (χ2v) is 13.3. The van der Waals surface area contributed by atoms with Crippen LogP contribution in [0.3, 0.4) is 0 Å². The van der Waals surface area contributed by atoms with Gasteiger partial charge in [-0.15, -0.1) is 11.8 Å². The van der Waals surface area contributed by atoms with E-state index in [1.54, 1.807) is 11.0 Å². The summed E-state index contributed by atoms with van der Waals surface area (Å²) >= 11 is 8.28. The van der Waals surface area contributed by atoms with Crippen LogP contribution in [0.4, 0.5) is 18.9 Å². The summed E-state index contributed by atoms with van der Waals surface area (Å²) in [7, 11) is 0. The maximum atomic E-state index is 15.1. The number of amides is 1. The largest absolute Gasteiger partial charge is 0.379 e. The number of fused-ring (bicyclic) bond motifs is 1. The van der Waals surface area contributed by atoms with Crippen LogP contribution in [0, 0.1) is 22.9 Å². The summed E-state index contributed by atoms with van der Waals surface area (Å²) in [5.41, 5.74) is 1.36. The van der Waals surface area contributed by atoms with E-state index in [2.05, 4.69) is 21.7 Å². The molecular formula is C31H36ClF3N6OS. The summed E-state index contributed by atoms with van der Waals surface area (Å²) in [4.78, 5) is 21.5. The first-order chi connectivity index (χ1) is 20.6. The van der Waals surface area contributed by atoms with Crippen molar-refractivity contribution in [2.24, 2.45) is 0 Å². The van der Waals surface area contributed by atoms with Crippen LogP contribution in [-0.4, -0.2) is 108 Å². The molecule has 230 valence electrons. The molecule has 1 aliphatic carbocycles. The molecule has 2 saturated heterocycles. The fourth-order valence-corrected chi connectivity index (χ4v) is 8.03. The van der Waals surface area contributed by atoms with E-state index >= 15 is 4.39 Å². The van der Waals surface area contributed by atoms with Crippen LogP contribution >= 0.6 is 23.4 Å². The van der Waals surface area contributed by atoms with Gasteiger partial charge in [0.2, 0.25) is 5.91 Å². The molecule has 0 spiro atoms. The molecule has 6 rings (SSSR count). The normalized spacial score (nSPS) is 23.1. The van der Waals surface area contributed by atoms with Gasteiger partial charge in [0.05, 0.1) is 10.7 Å². The first kappa shape index (κ1) is 30.3. The second kappa shape index (κ2) is 12.3. The summed E-state index contributed by atoms with van der Waals surface area (Å²) < 4.78 is 43.2. The average Bonchev–Trinajstić information content (AvgIpc) is 3.84. The van der Waals surface area contributed by atoms with Crippen molar-refractivity contribution >= 4 is 40.8 Å². The van der Waals surface area contributed by atoms with E-state index in [1.165, 1.54) is 30.7 Å². The lowest BCUT2D eigenvalue weighted by Crippen LogP contribution is -2.55. The van der Waals surface area contributed by atoms with Gasteiger partial charge in [0.25, 0.3) is 0 Å². The molecule has 3 heterocycles. The molecule has 2 aromatic rings. The summed E-state index contributed by atoms with van der Waals surface area (Å²) in [5.74, 6) is -2.56. The maximum absolute atomic E-state index is 15.1. The predicted molar refractivity (Wildman–Crippen MR) is 166 cm³/mol. The van der Waals surface area contributed by atoms with Gasteiger partial charge in [-0.1, -0.05) is 18.2 Å². The number of rotatable bonds is 6. The van der Waals surface area contributed by atoms with Crippen molar-refractivity contribution < 1.29 is 18.0 Å². The number of thioether (sulfide) groups is 1. The Labute approximate surface area is 259 Å². The zero-order valence-corrected chi connectivity index (χ0v) is 25.7. The topological polar surface area (TPSA) is 65.9 Å². The van der Waals surface area contributed by atoms with E-state index in [9.17, 15) is 19.0 Å². The summed E-state index contributed by atoms with van der Waals surface area (Å²) in [6.45, 7) is 11.8. The minimum atomic E-state index is -1.26. The SMILES string of the molecule is C=CC(=O)N1CCN(C(=N)c2cc(Cl)c(-c3cc(F)c(F)cc3F)c3c2N[C@@H](CN2CCN(C4CC4)CC2)CS3)[C@@H](C)C1. The molecule has 2 N–H and O–H groups in total. The molecule has 0 bridgehead atoms. The first-order valence-corrected chi connectivity index (χ1v) is 16.1. The molecule has 0 unspecified atom stereocenters. The predicted octanol–water partition coefficient (Wildman–Crippen LogP) is 5.13. The monoisotopic (exact) mass is 632 g/mol. The number of carbonyl (C=O) groups excluding carboxylic acids is 1. The quantitative estimate of drug-likeness (QED) is 0.199. The van der Waals surface area contributed by atoms with Crippen LogP contribution in [0.25, 0.3) is 11.1 Å². The van der Waals surface area contributed by atoms with Crippen LogP contribution in [0.2, 0.25) is 5.02 Å². The number of hydrogen-bond acceptors (Lipinski definition) is 6. The number of halogens is 4. The number of nitrogens with one attached hydrogen (secondary N) is 2. The Morgan fingerprint density at radius 3 is 2.49 bits per heavy atom. The Balaban J connectivity index is 1.32. The van der Waals surface area contributed by atoms with Crippen LogP contribution in [-0.2, 0) is 4.79 Å². The van der Waals surface area contributed by atoms with Gasteiger partial charge in [0.1, 0.15) is 11.7 Å². The zero-order chi connectivity index (χ0) is 30.4. The van der Waals surface area contributed by atoms with Crippen LogP contribution in [0.1, 0.15) is 25.3 Å². The van der Waals surface area contributed by atoms with Crippen molar-refractivity contribution in [1.29, 1.82) is 5.41 Å². The number of piperazine rings is 2. The number of hydrogen-bond donors (Lipinski definition) is 2. The van der Waals surface area contributed by atoms with Gasteiger partial charge in [0, 0.05) is 104 Å². The summed E-state index contributed by atoms with van der Waals surface area (Å²) in [6.07, 6.45) is 3.90. The van der Waals surface area contributed by atoms with Crippen LogP contribution in [0.15, 0.2) is 35.7 Å². The van der Waals surface area contributed by atoms with Crippen molar-refractivity contribution in [3.8, 4) is 11.1 Å². The average molecular weight is 633 g/mol. The second-order valence-electron chi connectivity index (χ2n) is 11.8. The van der Waals surface area contributed by atoms with E-state index in [-0.39, 0.29) is 40.0 Å². The minimum Gasteiger partial charge on any atom is -0.379 e. The van der Waals surface area contributed by atoms with Gasteiger partial charge in [-0.3, -0.25) is 20.0 Å². The van der Waals surface area contributed by atoms with E-state index in [0.29, 0.717) is 47.6 Å². The lowest BCUT2D eigenvalue weighted by Gasteiger charge is -2.42. The minimum absolute atomic E-state index is 0.0554. The fraction of sp³-hybridized carbons (Fsp3) is 0.484. The number of anilines is 1. The molecule has 2 atom stereocenters. The zero-order valence-electron chi connectivity index (χ0n) is 24.1. The van der Waals surface area contributed by atoms with Crippen molar-refractivity contribution in [2.45, 2.75) is 42.8 Å². The summed E-state index contributed by atoms with van der Waals surface area (Å²) in [5, 5.41) is 13.1. The standard InChI is InChI=1S/C31H36ClF3N6OS/c1-3-27(42)40-10-11-41(18(2)15-40)31(36)22-12-23(32)28(21-13-25(34)26(35)14-24(21)33)30-29(22)37-19(17-43-30)16-38-6-8-39(9-7-38)20-4-5-20/h3,12-14,18-20,36-37H,1,4-11,15-17H2,2H3/t18-,19-/m0/s1. The van der Waals surface area contributed by atoms with Crippen LogP contribution < -0.4 is 5.32 Å². The van der Waals surface area contributed by atoms with E-state index in [4.69, 9.17) is 11.6 Å². The third-order valence-electron chi connectivity index (χ3n) is 8.89.